The van der Waals surface area contributed by atoms with Gasteiger partial charge in [-0.1, -0.05) is 72.6 Å². The van der Waals surface area contributed by atoms with E-state index in [9.17, 15) is 4.79 Å². The van der Waals surface area contributed by atoms with Crippen molar-refractivity contribution in [3.8, 4) is 0 Å². The molecule has 1 N–H and O–H groups in total. The number of hydrogen-bond donors (Lipinski definition) is 2. The first-order valence-electron chi connectivity index (χ1n) is 8.09. The van der Waals surface area contributed by atoms with Crippen LogP contribution in [-0.4, -0.2) is 12.1 Å². The summed E-state index contributed by atoms with van der Waals surface area (Å²) in [5.41, 5.74) is 3.21. The Morgan fingerprint density at radius 3 is 1.82 bits per heavy atom. The summed E-state index contributed by atoms with van der Waals surface area (Å²) in [6.45, 7) is 14.8. The van der Waals surface area contributed by atoms with E-state index in [1.165, 1.54) is 4.31 Å². The van der Waals surface area contributed by atoms with Crippen molar-refractivity contribution in [2.75, 3.05) is 4.31 Å². The van der Waals surface area contributed by atoms with Crippen molar-refractivity contribution in [3.63, 3.8) is 0 Å². The molecule has 1 aromatic carbocycles. The minimum atomic E-state index is -0.167. The molecule has 1 aromatic rings. The van der Waals surface area contributed by atoms with Gasteiger partial charge in [-0.2, -0.15) is 0 Å². The Morgan fingerprint density at radius 1 is 1.00 bits per heavy atom. The zero-order chi connectivity index (χ0) is 17.0. The highest BCUT2D eigenvalue weighted by Gasteiger charge is 2.23. The molecule has 0 aliphatic rings. The van der Waals surface area contributed by atoms with Gasteiger partial charge in [-0.15, -0.1) is 0 Å². The maximum atomic E-state index is 12.5. The first kappa shape index (κ1) is 18.9. The third kappa shape index (κ3) is 4.42. The van der Waals surface area contributed by atoms with Gasteiger partial charge in [0.15, 0.2) is 0 Å². The molecule has 0 bridgehead atoms. The van der Waals surface area contributed by atoms with Crippen molar-refractivity contribution in [1.29, 1.82) is 0 Å². The van der Waals surface area contributed by atoms with Gasteiger partial charge in [0, 0.05) is 6.04 Å². The van der Waals surface area contributed by atoms with Crippen LogP contribution in [0.5, 0.6) is 0 Å². The molecular weight excluding hydrogens is 292 g/mol. The minimum Gasteiger partial charge on any atom is -0.334 e. The summed E-state index contributed by atoms with van der Waals surface area (Å²) in [4.78, 5) is 12.5. The third-order valence-electron chi connectivity index (χ3n) is 4.10. The van der Waals surface area contributed by atoms with E-state index < -0.39 is 0 Å². The second-order valence-electron chi connectivity index (χ2n) is 6.89. The highest BCUT2D eigenvalue weighted by Crippen LogP contribution is 2.36. The SMILES string of the molecule is CC(C)c1cccc(C(C)C)c1N(S)C(=O)NC(C)C(C)C. The van der Waals surface area contributed by atoms with E-state index in [0.717, 1.165) is 16.8 Å². The van der Waals surface area contributed by atoms with Crippen molar-refractivity contribution in [2.24, 2.45) is 5.92 Å². The number of para-hydroxylation sites is 1. The summed E-state index contributed by atoms with van der Waals surface area (Å²) in [6.07, 6.45) is 0. The number of nitrogens with zero attached hydrogens (tertiary/aromatic N) is 1. The molecule has 124 valence electrons. The lowest BCUT2D eigenvalue weighted by Crippen LogP contribution is -2.42. The average Bonchev–Trinajstić information content (AvgIpc) is 2.44. The van der Waals surface area contributed by atoms with E-state index in [1.54, 1.807) is 0 Å². The van der Waals surface area contributed by atoms with Crippen LogP contribution in [0, 0.1) is 5.92 Å². The van der Waals surface area contributed by atoms with Crippen molar-refractivity contribution in [2.45, 2.75) is 66.3 Å². The van der Waals surface area contributed by atoms with Gasteiger partial charge in [0.05, 0.1) is 5.69 Å². The minimum absolute atomic E-state index is 0.107. The third-order valence-corrected chi connectivity index (χ3v) is 4.48. The smallest absolute Gasteiger partial charge is 0.332 e. The van der Waals surface area contributed by atoms with Gasteiger partial charge in [0.2, 0.25) is 0 Å². The summed E-state index contributed by atoms with van der Waals surface area (Å²) in [5, 5.41) is 3.02. The van der Waals surface area contributed by atoms with Gasteiger partial charge in [-0.05, 0) is 35.8 Å². The summed E-state index contributed by atoms with van der Waals surface area (Å²) in [6, 6.07) is 6.16. The number of amides is 2. The Kier molecular flexibility index (Phi) is 6.79. The predicted octanol–water partition coefficient (Wildman–Crippen LogP) is 5.34. The monoisotopic (exact) mass is 322 g/mol. The number of anilines is 1. The molecule has 1 atom stereocenters. The van der Waals surface area contributed by atoms with Crippen molar-refractivity contribution >= 4 is 24.5 Å². The molecule has 0 heterocycles. The first-order chi connectivity index (χ1) is 10.2. The fourth-order valence-electron chi connectivity index (χ4n) is 2.28. The van der Waals surface area contributed by atoms with Crippen LogP contribution in [0.25, 0.3) is 0 Å². The number of nitrogens with one attached hydrogen (secondary N) is 1. The second kappa shape index (κ2) is 7.91. The maximum absolute atomic E-state index is 12.5. The summed E-state index contributed by atoms with van der Waals surface area (Å²) < 4.78 is 1.48. The topological polar surface area (TPSA) is 32.3 Å². The molecular formula is C18H30N2OS. The van der Waals surface area contributed by atoms with Crippen LogP contribution in [0.1, 0.15) is 71.4 Å². The maximum Gasteiger partial charge on any atom is 0.332 e. The van der Waals surface area contributed by atoms with Gasteiger partial charge in [0.1, 0.15) is 0 Å². The normalized spacial score (nSPS) is 12.9. The summed E-state index contributed by atoms with van der Waals surface area (Å²) in [7, 11) is 0. The molecule has 0 saturated heterocycles. The van der Waals surface area contributed by atoms with Gasteiger partial charge in [-0.3, -0.25) is 0 Å². The Labute approximate surface area is 141 Å². The molecule has 4 heteroatoms. The molecule has 1 unspecified atom stereocenters. The van der Waals surface area contributed by atoms with E-state index in [0.29, 0.717) is 17.8 Å². The number of hydrogen-bond acceptors (Lipinski definition) is 2. The molecule has 0 aromatic heterocycles. The Morgan fingerprint density at radius 2 is 1.45 bits per heavy atom. The number of urea groups is 1. The standard InChI is InChI=1S/C18H30N2OS/c1-11(2)14(7)19-18(21)20(22)17-15(12(3)4)9-8-10-16(17)13(5)6/h8-14,22H,1-7H3,(H,19,21). The van der Waals surface area contributed by atoms with Crippen LogP contribution >= 0.6 is 12.8 Å². The second-order valence-corrected chi connectivity index (χ2v) is 7.29. The lowest BCUT2D eigenvalue weighted by atomic mass is 9.92. The van der Waals surface area contributed by atoms with Gasteiger partial charge < -0.3 is 5.32 Å². The lowest BCUT2D eigenvalue weighted by Gasteiger charge is -2.28. The fraction of sp³-hybridized carbons (Fsp3) is 0.611. The summed E-state index contributed by atoms with van der Waals surface area (Å²) >= 11 is 4.51. The molecule has 22 heavy (non-hydrogen) atoms. The number of carbonyl (C=O) groups is 1. The fourth-order valence-corrected chi connectivity index (χ4v) is 2.57. The van der Waals surface area contributed by atoms with Crippen LogP contribution in [0.2, 0.25) is 0 Å². The van der Waals surface area contributed by atoms with Gasteiger partial charge in [0.25, 0.3) is 0 Å². The zero-order valence-corrected chi connectivity index (χ0v) is 15.7. The van der Waals surface area contributed by atoms with Crippen LogP contribution < -0.4 is 9.62 Å². The predicted molar refractivity (Wildman–Crippen MR) is 98.9 cm³/mol. The van der Waals surface area contributed by atoms with E-state index in [1.807, 2.05) is 6.92 Å². The number of benzene rings is 1. The highest BCUT2D eigenvalue weighted by molar-refractivity contribution is 7.82. The van der Waals surface area contributed by atoms with Crippen molar-refractivity contribution < 1.29 is 4.79 Å². The highest BCUT2D eigenvalue weighted by atomic mass is 32.1. The van der Waals surface area contributed by atoms with E-state index in [2.05, 4.69) is 77.9 Å². The average molecular weight is 323 g/mol. The summed E-state index contributed by atoms with van der Waals surface area (Å²) in [5.74, 6) is 1.05. The quantitative estimate of drug-likeness (QED) is 0.705. The van der Waals surface area contributed by atoms with Crippen molar-refractivity contribution in [1.82, 2.24) is 5.32 Å². The van der Waals surface area contributed by atoms with Gasteiger partial charge >= 0.3 is 6.03 Å². The van der Waals surface area contributed by atoms with Crippen LogP contribution in [0.4, 0.5) is 10.5 Å². The van der Waals surface area contributed by atoms with E-state index in [4.69, 9.17) is 0 Å². The number of rotatable bonds is 5. The van der Waals surface area contributed by atoms with Gasteiger partial charge in [-0.25, -0.2) is 9.10 Å². The molecule has 2 amide bonds. The Hall–Kier alpha value is -1.16. The molecule has 1 rings (SSSR count). The van der Waals surface area contributed by atoms with Crippen LogP contribution in [0.15, 0.2) is 18.2 Å². The molecule has 0 spiro atoms. The van der Waals surface area contributed by atoms with Crippen LogP contribution in [-0.2, 0) is 0 Å². The largest absolute Gasteiger partial charge is 0.334 e. The van der Waals surface area contributed by atoms with E-state index >= 15 is 0 Å². The van der Waals surface area contributed by atoms with E-state index in [-0.39, 0.29) is 12.1 Å². The molecule has 3 nitrogen and oxygen atoms in total. The molecule has 0 radical (unpaired) electrons. The first-order valence-corrected chi connectivity index (χ1v) is 8.49. The Bertz CT molecular complexity index is 486. The molecule has 0 fully saturated rings. The number of thiol groups is 1. The number of carbonyl (C=O) groups excluding carboxylic acids is 1. The molecule has 0 aliphatic carbocycles. The molecule has 0 saturated carbocycles. The lowest BCUT2D eigenvalue weighted by molar-refractivity contribution is 0.243. The Balaban J connectivity index is 3.20. The van der Waals surface area contributed by atoms with Crippen LogP contribution in [0.3, 0.4) is 0 Å². The van der Waals surface area contributed by atoms with Crippen molar-refractivity contribution in [3.05, 3.63) is 29.3 Å². The zero-order valence-electron chi connectivity index (χ0n) is 14.8. The molecule has 0 aliphatic heterocycles.